The van der Waals surface area contributed by atoms with Crippen LogP contribution in [0.1, 0.15) is 60.9 Å². The van der Waals surface area contributed by atoms with E-state index < -0.39 is 16.1 Å². The highest BCUT2D eigenvalue weighted by Gasteiger charge is 2.14. The van der Waals surface area contributed by atoms with E-state index in [0.29, 0.717) is 17.2 Å². The lowest BCUT2D eigenvalue weighted by Gasteiger charge is -2.06. The first-order valence-corrected chi connectivity index (χ1v) is 15.4. The van der Waals surface area contributed by atoms with Crippen molar-refractivity contribution < 1.29 is 26.9 Å². The molecule has 0 N–H and O–H groups in total. The fraction of sp³-hybridized carbons (Fsp3) is 0.355. The lowest BCUT2D eigenvalue weighted by Crippen LogP contribution is -2.07. The summed E-state index contributed by atoms with van der Waals surface area (Å²) in [6, 6.07) is 17.4. The van der Waals surface area contributed by atoms with Gasteiger partial charge in [0.25, 0.3) is 10.1 Å². The minimum Gasteiger partial charge on any atom is -0.465 e. The number of ether oxygens (including phenoxy) is 2. The number of pyridine rings is 1. The van der Waals surface area contributed by atoms with Gasteiger partial charge in [0.05, 0.1) is 30.4 Å². The van der Waals surface area contributed by atoms with Crippen molar-refractivity contribution in [1.82, 2.24) is 20.0 Å². The standard InChI is InChI=1S/C31H36N4O6S/c1-24-13-16-28(17-14-24)42(37,38)40-20-9-7-5-3-4-6-8-19-35-23-29(33-34-35)25-11-10-12-27(21-25)41-30-18-15-26(22-32-30)31(36)39-2/h10-18,21-23H,3-9,19-20H2,1-2H3. The van der Waals surface area contributed by atoms with Crippen LogP contribution in [-0.4, -0.2) is 48.1 Å². The van der Waals surface area contributed by atoms with Crippen molar-refractivity contribution in [1.29, 1.82) is 0 Å². The van der Waals surface area contributed by atoms with Gasteiger partial charge in [0, 0.05) is 24.4 Å². The second-order valence-electron chi connectivity index (χ2n) is 9.94. The van der Waals surface area contributed by atoms with Gasteiger partial charge in [-0.3, -0.25) is 8.86 Å². The lowest BCUT2D eigenvalue weighted by atomic mass is 10.1. The molecular weight excluding hydrogens is 556 g/mol. The first kappa shape index (κ1) is 30.9. The Labute approximate surface area is 246 Å². The molecule has 4 aromatic rings. The highest BCUT2D eigenvalue weighted by molar-refractivity contribution is 7.86. The Morgan fingerprint density at radius 2 is 1.64 bits per heavy atom. The van der Waals surface area contributed by atoms with Gasteiger partial charge < -0.3 is 9.47 Å². The van der Waals surface area contributed by atoms with Crippen LogP contribution >= 0.6 is 0 Å². The number of unbranched alkanes of at least 4 members (excludes halogenated alkanes) is 6. The fourth-order valence-corrected chi connectivity index (χ4v) is 5.20. The average molecular weight is 593 g/mol. The number of esters is 1. The quantitative estimate of drug-likeness (QED) is 0.0830. The van der Waals surface area contributed by atoms with Gasteiger partial charge in [-0.15, -0.1) is 5.10 Å². The summed E-state index contributed by atoms with van der Waals surface area (Å²) >= 11 is 0. The van der Waals surface area contributed by atoms with Crippen molar-refractivity contribution in [3.8, 4) is 22.9 Å². The predicted molar refractivity (Wildman–Crippen MR) is 158 cm³/mol. The summed E-state index contributed by atoms with van der Waals surface area (Å²) in [4.78, 5) is 15.9. The maximum absolute atomic E-state index is 12.2. The van der Waals surface area contributed by atoms with Gasteiger partial charge >= 0.3 is 5.97 Å². The van der Waals surface area contributed by atoms with Crippen LogP contribution < -0.4 is 4.74 Å². The van der Waals surface area contributed by atoms with E-state index in [4.69, 9.17) is 8.92 Å². The van der Waals surface area contributed by atoms with Gasteiger partial charge in [0.1, 0.15) is 11.4 Å². The summed E-state index contributed by atoms with van der Waals surface area (Å²) in [7, 11) is -2.36. The molecule has 0 unspecified atom stereocenters. The van der Waals surface area contributed by atoms with Crippen molar-refractivity contribution in [3.63, 3.8) is 0 Å². The summed E-state index contributed by atoms with van der Waals surface area (Å²) < 4.78 is 42.0. The molecule has 0 saturated carbocycles. The van der Waals surface area contributed by atoms with Crippen LogP contribution in [0.4, 0.5) is 0 Å². The Kier molecular flexibility index (Phi) is 11.2. The molecule has 10 nitrogen and oxygen atoms in total. The normalized spacial score (nSPS) is 11.4. The molecule has 0 fully saturated rings. The maximum atomic E-state index is 12.2. The highest BCUT2D eigenvalue weighted by atomic mass is 32.2. The van der Waals surface area contributed by atoms with E-state index >= 15 is 0 Å². The number of aromatic nitrogens is 4. The molecule has 0 aliphatic heterocycles. The largest absolute Gasteiger partial charge is 0.465 e. The number of nitrogens with zero attached hydrogens (tertiary/aromatic N) is 4. The number of aryl methyl sites for hydroxylation is 2. The summed E-state index contributed by atoms with van der Waals surface area (Å²) in [6.07, 6.45) is 10.3. The van der Waals surface area contributed by atoms with Crippen LogP contribution in [-0.2, 0) is 25.6 Å². The average Bonchev–Trinajstić information content (AvgIpc) is 3.47. The van der Waals surface area contributed by atoms with Crippen LogP contribution in [0.2, 0.25) is 0 Å². The van der Waals surface area contributed by atoms with Gasteiger partial charge in [-0.25, -0.2) is 9.78 Å². The molecule has 0 aliphatic carbocycles. The first-order valence-electron chi connectivity index (χ1n) is 14.0. The summed E-state index contributed by atoms with van der Waals surface area (Å²) in [5.41, 5.74) is 2.99. The zero-order chi connectivity index (χ0) is 29.8. The Morgan fingerprint density at radius 1 is 0.905 bits per heavy atom. The van der Waals surface area contributed by atoms with Crippen molar-refractivity contribution in [2.45, 2.75) is 63.3 Å². The van der Waals surface area contributed by atoms with E-state index in [0.717, 1.165) is 68.3 Å². The van der Waals surface area contributed by atoms with Gasteiger partial charge in [-0.05, 0) is 50.1 Å². The fourth-order valence-electron chi connectivity index (χ4n) is 4.26. The molecule has 0 atom stereocenters. The molecule has 42 heavy (non-hydrogen) atoms. The molecule has 0 spiro atoms. The number of methoxy groups -OCH3 is 1. The van der Waals surface area contributed by atoms with E-state index in [1.165, 1.54) is 13.3 Å². The third kappa shape index (κ3) is 9.22. The van der Waals surface area contributed by atoms with Crippen LogP contribution in [0.3, 0.4) is 0 Å². The van der Waals surface area contributed by atoms with Crippen molar-refractivity contribution >= 4 is 16.1 Å². The molecular formula is C31H36N4O6S. The van der Waals surface area contributed by atoms with E-state index in [9.17, 15) is 13.2 Å². The number of hydrogen-bond acceptors (Lipinski definition) is 9. The minimum atomic E-state index is -3.68. The van der Waals surface area contributed by atoms with E-state index in [2.05, 4.69) is 20.0 Å². The minimum absolute atomic E-state index is 0.202. The molecule has 222 valence electrons. The van der Waals surface area contributed by atoms with Crippen LogP contribution in [0.25, 0.3) is 11.3 Å². The van der Waals surface area contributed by atoms with Crippen LogP contribution in [0, 0.1) is 6.92 Å². The second-order valence-corrected chi connectivity index (χ2v) is 11.6. The van der Waals surface area contributed by atoms with E-state index in [1.807, 2.05) is 42.1 Å². The highest BCUT2D eigenvalue weighted by Crippen LogP contribution is 2.25. The monoisotopic (exact) mass is 592 g/mol. The van der Waals surface area contributed by atoms with Gasteiger partial charge in [-0.2, -0.15) is 8.42 Å². The first-order chi connectivity index (χ1) is 20.3. The second kappa shape index (κ2) is 15.2. The van der Waals surface area contributed by atoms with Crippen molar-refractivity contribution in [2.24, 2.45) is 0 Å². The molecule has 2 aromatic carbocycles. The molecule has 0 amide bonds. The summed E-state index contributed by atoms with van der Waals surface area (Å²) in [5, 5.41) is 8.57. The Hall–Kier alpha value is -4.09. The van der Waals surface area contributed by atoms with Crippen LogP contribution in [0.5, 0.6) is 11.6 Å². The Balaban J connectivity index is 1.11. The zero-order valence-corrected chi connectivity index (χ0v) is 24.8. The molecule has 0 bridgehead atoms. The molecule has 0 aliphatic rings. The van der Waals surface area contributed by atoms with Gasteiger partial charge in [-0.1, -0.05) is 67.1 Å². The third-order valence-electron chi connectivity index (χ3n) is 6.63. The Bertz CT molecular complexity index is 1540. The molecule has 2 aromatic heterocycles. The SMILES string of the molecule is COC(=O)c1ccc(Oc2cccc(-c3cn(CCCCCCCCCOS(=O)(=O)c4ccc(C)cc4)nn3)c2)nc1. The van der Waals surface area contributed by atoms with Gasteiger partial charge in [0.2, 0.25) is 5.88 Å². The number of carbonyl (C=O) groups is 1. The van der Waals surface area contributed by atoms with Crippen molar-refractivity contribution in [3.05, 3.63) is 84.2 Å². The summed E-state index contributed by atoms with van der Waals surface area (Å²) in [5.74, 6) is 0.509. The summed E-state index contributed by atoms with van der Waals surface area (Å²) in [6.45, 7) is 2.91. The third-order valence-corrected chi connectivity index (χ3v) is 7.95. The molecule has 2 heterocycles. The molecule has 0 saturated heterocycles. The zero-order valence-electron chi connectivity index (χ0n) is 23.9. The lowest BCUT2D eigenvalue weighted by molar-refractivity contribution is 0.0600. The van der Waals surface area contributed by atoms with Crippen molar-refractivity contribution in [2.75, 3.05) is 13.7 Å². The number of hydrogen-bond donors (Lipinski definition) is 0. The number of carbonyl (C=O) groups excluding carboxylic acids is 1. The van der Waals surface area contributed by atoms with E-state index in [-0.39, 0.29) is 11.5 Å². The molecule has 11 heteroatoms. The molecule has 4 rings (SSSR count). The van der Waals surface area contributed by atoms with Gasteiger partial charge in [0.15, 0.2) is 0 Å². The van der Waals surface area contributed by atoms with Crippen LogP contribution in [0.15, 0.2) is 78.0 Å². The number of rotatable bonds is 16. The maximum Gasteiger partial charge on any atom is 0.339 e. The predicted octanol–water partition coefficient (Wildman–Crippen LogP) is 6.36. The Morgan fingerprint density at radius 3 is 2.36 bits per heavy atom. The topological polar surface area (TPSA) is 122 Å². The van der Waals surface area contributed by atoms with E-state index in [1.54, 1.807) is 36.4 Å². The smallest absolute Gasteiger partial charge is 0.339 e. The molecule has 0 radical (unpaired) electrons. The number of benzene rings is 2.